The Balaban J connectivity index is 2.58. The summed E-state index contributed by atoms with van der Waals surface area (Å²) >= 11 is 0. The van der Waals surface area contributed by atoms with Crippen molar-refractivity contribution in [2.24, 2.45) is 0 Å². The molecule has 0 bridgehead atoms. The Morgan fingerprint density at radius 2 is 2.06 bits per heavy atom. The number of hydrogen-bond donors (Lipinski definition) is 0. The largest absolute Gasteiger partial charge is 0.466 e. The fourth-order valence-electron chi connectivity index (χ4n) is 1.15. The quantitative estimate of drug-likeness (QED) is 0.762. The van der Waals surface area contributed by atoms with Crippen LogP contribution in [0.5, 0.6) is 0 Å². The van der Waals surface area contributed by atoms with Crippen molar-refractivity contribution >= 4 is 16.8 Å². The number of hydrogen-bond acceptors (Lipinski definition) is 3. The average Bonchev–Trinajstić information content (AvgIpc) is 2.30. The highest BCUT2D eigenvalue weighted by Crippen LogP contribution is 2.13. The summed E-state index contributed by atoms with van der Waals surface area (Å²) in [6.07, 6.45) is -0.0144. The molecule has 0 aliphatic heterocycles. The Hall–Kier alpha value is -1.30. The molecule has 0 heterocycles. The Labute approximate surface area is 100 Å². The number of halogens is 2. The van der Waals surface area contributed by atoms with E-state index in [2.05, 4.69) is 4.74 Å². The molecule has 1 rings (SSSR count). The van der Waals surface area contributed by atoms with Crippen LogP contribution >= 0.6 is 0 Å². The molecule has 1 atom stereocenters. The molecule has 0 saturated heterocycles. The molecule has 94 valence electrons. The van der Waals surface area contributed by atoms with Gasteiger partial charge in [0.15, 0.2) is 11.6 Å². The normalized spacial score (nSPS) is 12.2. The van der Waals surface area contributed by atoms with Crippen molar-refractivity contribution in [2.45, 2.75) is 18.2 Å². The van der Waals surface area contributed by atoms with Crippen LogP contribution in [0, 0.1) is 11.6 Å². The zero-order chi connectivity index (χ0) is 12.8. The molecule has 0 aliphatic carbocycles. The molecule has 6 heteroatoms. The van der Waals surface area contributed by atoms with Crippen molar-refractivity contribution in [3.05, 3.63) is 29.8 Å². The van der Waals surface area contributed by atoms with Crippen LogP contribution in [0.15, 0.2) is 23.1 Å². The lowest BCUT2D eigenvalue weighted by molar-refractivity contribution is -0.142. The second kappa shape index (κ2) is 6.44. The van der Waals surface area contributed by atoms with E-state index in [0.29, 0.717) is 0 Å². The van der Waals surface area contributed by atoms with E-state index in [1.165, 1.54) is 6.07 Å². The lowest BCUT2D eigenvalue weighted by Crippen LogP contribution is -2.09. The molecule has 0 aliphatic rings. The van der Waals surface area contributed by atoms with Crippen LogP contribution in [-0.4, -0.2) is 22.5 Å². The van der Waals surface area contributed by atoms with Crippen molar-refractivity contribution in [1.29, 1.82) is 0 Å². The molecule has 0 saturated carbocycles. The molecule has 0 amide bonds. The van der Waals surface area contributed by atoms with Gasteiger partial charge < -0.3 is 4.74 Å². The first-order valence-electron chi connectivity index (χ1n) is 5.03. The van der Waals surface area contributed by atoms with Crippen molar-refractivity contribution < 1.29 is 22.5 Å². The maximum Gasteiger partial charge on any atom is 0.306 e. The number of carbonyl (C=O) groups excluding carboxylic acids is 1. The fourth-order valence-corrected chi connectivity index (χ4v) is 2.19. The van der Waals surface area contributed by atoms with Gasteiger partial charge in [0.2, 0.25) is 0 Å². The van der Waals surface area contributed by atoms with Gasteiger partial charge in [-0.25, -0.2) is 8.78 Å². The summed E-state index contributed by atoms with van der Waals surface area (Å²) in [6, 6.07) is 3.02. The maximum atomic E-state index is 12.9. The lowest BCUT2D eigenvalue weighted by atomic mass is 10.3. The Kier molecular flexibility index (Phi) is 5.21. The third-order valence-corrected chi connectivity index (χ3v) is 3.31. The molecular weight excluding hydrogens is 250 g/mol. The second-order valence-corrected chi connectivity index (χ2v) is 4.75. The van der Waals surface area contributed by atoms with Gasteiger partial charge in [0, 0.05) is 10.6 Å². The molecule has 1 unspecified atom stereocenters. The fraction of sp³-hybridized carbons (Fsp3) is 0.364. The first kappa shape index (κ1) is 13.8. The van der Waals surface area contributed by atoms with Crippen LogP contribution in [0.2, 0.25) is 0 Å². The van der Waals surface area contributed by atoms with Crippen molar-refractivity contribution in [3.63, 3.8) is 0 Å². The number of benzene rings is 1. The standard InChI is InChI=1S/C11H12F2O3S/c1-2-16-11(14)5-6-17(15)8-3-4-9(12)10(13)7-8/h3-4,7H,2,5-6H2,1H3. The molecule has 0 spiro atoms. The van der Waals surface area contributed by atoms with E-state index in [1.54, 1.807) is 6.92 Å². The first-order valence-corrected chi connectivity index (χ1v) is 6.35. The summed E-state index contributed by atoms with van der Waals surface area (Å²) in [5.74, 6) is -2.46. The van der Waals surface area contributed by atoms with Crippen LogP contribution in [0.1, 0.15) is 13.3 Å². The maximum absolute atomic E-state index is 12.9. The van der Waals surface area contributed by atoms with Crippen LogP contribution < -0.4 is 0 Å². The van der Waals surface area contributed by atoms with Gasteiger partial charge >= 0.3 is 5.97 Å². The Morgan fingerprint density at radius 3 is 2.65 bits per heavy atom. The number of rotatable bonds is 5. The minimum absolute atomic E-state index is 0.0144. The highest BCUT2D eigenvalue weighted by Gasteiger charge is 2.10. The summed E-state index contributed by atoms with van der Waals surface area (Å²) < 4.78 is 41.8. The summed E-state index contributed by atoms with van der Waals surface area (Å²) in [5, 5.41) is 0. The van der Waals surface area contributed by atoms with Crippen LogP contribution in [0.3, 0.4) is 0 Å². The SMILES string of the molecule is CCOC(=O)CCS(=O)c1ccc(F)c(F)c1. The summed E-state index contributed by atoms with van der Waals surface area (Å²) in [7, 11) is -1.53. The van der Waals surface area contributed by atoms with E-state index in [4.69, 9.17) is 0 Å². The summed E-state index contributed by atoms with van der Waals surface area (Å²) in [6.45, 7) is 1.93. The first-order chi connectivity index (χ1) is 8.04. The van der Waals surface area contributed by atoms with Crippen molar-refractivity contribution in [3.8, 4) is 0 Å². The van der Waals surface area contributed by atoms with Gasteiger partial charge in [0.05, 0.1) is 23.8 Å². The zero-order valence-electron chi connectivity index (χ0n) is 9.24. The van der Waals surface area contributed by atoms with Gasteiger partial charge in [-0.2, -0.15) is 0 Å². The molecule has 1 aromatic carbocycles. The van der Waals surface area contributed by atoms with Gasteiger partial charge in [-0.15, -0.1) is 0 Å². The molecular formula is C11H12F2O3S. The molecule has 0 N–H and O–H groups in total. The Bertz CT molecular complexity index is 435. The molecule has 17 heavy (non-hydrogen) atoms. The highest BCUT2D eigenvalue weighted by molar-refractivity contribution is 7.85. The van der Waals surface area contributed by atoms with E-state index in [-0.39, 0.29) is 23.7 Å². The van der Waals surface area contributed by atoms with Gasteiger partial charge in [0.25, 0.3) is 0 Å². The lowest BCUT2D eigenvalue weighted by Gasteiger charge is -2.03. The minimum Gasteiger partial charge on any atom is -0.466 e. The van der Waals surface area contributed by atoms with E-state index in [9.17, 15) is 17.8 Å². The van der Waals surface area contributed by atoms with E-state index < -0.39 is 28.4 Å². The number of esters is 1. The monoisotopic (exact) mass is 262 g/mol. The molecule has 0 aromatic heterocycles. The number of carbonyl (C=O) groups is 1. The number of ether oxygens (including phenoxy) is 1. The molecule has 0 radical (unpaired) electrons. The van der Waals surface area contributed by atoms with Crippen LogP contribution in [-0.2, 0) is 20.3 Å². The smallest absolute Gasteiger partial charge is 0.306 e. The molecule has 3 nitrogen and oxygen atoms in total. The van der Waals surface area contributed by atoms with Gasteiger partial charge in [-0.1, -0.05) is 0 Å². The van der Waals surface area contributed by atoms with Crippen LogP contribution in [0.25, 0.3) is 0 Å². The summed E-state index contributed by atoms with van der Waals surface area (Å²) in [5.41, 5.74) is 0. The molecule has 0 fully saturated rings. The van der Waals surface area contributed by atoms with Gasteiger partial charge in [-0.05, 0) is 25.1 Å². The van der Waals surface area contributed by atoms with Gasteiger partial charge in [0.1, 0.15) is 0 Å². The van der Waals surface area contributed by atoms with E-state index in [1.807, 2.05) is 0 Å². The summed E-state index contributed by atoms with van der Waals surface area (Å²) in [4.78, 5) is 11.2. The van der Waals surface area contributed by atoms with Crippen LogP contribution in [0.4, 0.5) is 8.78 Å². The third-order valence-electron chi connectivity index (χ3n) is 1.95. The van der Waals surface area contributed by atoms with Crippen molar-refractivity contribution in [1.82, 2.24) is 0 Å². The predicted octanol–water partition coefficient (Wildman–Crippen LogP) is 2.03. The van der Waals surface area contributed by atoms with Crippen molar-refractivity contribution in [2.75, 3.05) is 12.4 Å². The Morgan fingerprint density at radius 1 is 1.35 bits per heavy atom. The second-order valence-electron chi connectivity index (χ2n) is 3.18. The molecule has 1 aromatic rings. The van der Waals surface area contributed by atoms with E-state index >= 15 is 0 Å². The third kappa shape index (κ3) is 4.22. The topological polar surface area (TPSA) is 43.4 Å². The van der Waals surface area contributed by atoms with Gasteiger partial charge in [-0.3, -0.25) is 9.00 Å². The predicted molar refractivity (Wildman–Crippen MR) is 58.9 cm³/mol. The highest BCUT2D eigenvalue weighted by atomic mass is 32.2. The zero-order valence-corrected chi connectivity index (χ0v) is 10.1. The van der Waals surface area contributed by atoms with E-state index in [0.717, 1.165) is 12.1 Å². The minimum atomic E-state index is -1.53. The average molecular weight is 262 g/mol.